The van der Waals surface area contributed by atoms with Gasteiger partial charge in [-0.15, -0.1) is 0 Å². The van der Waals surface area contributed by atoms with Crippen molar-refractivity contribution in [1.29, 1.82) is 0 Å². The molecule has 10 heteroatoms. The largest absolute Gasteiger partial charge is 0.463 e. The maximum absolute atomic E-state index is 14.2. The van der Waals surface area contributed by atoms with E-state index in [-0.39, 0.29) is 0 Å². The number of aliphatic hydroxyl groups is 1. The van der Waals surface area contributed by atoms with E-state index in [9.17, 15) is 28.7 Å². The number of hydrogen-bond donors (Lipinski definition) is 1. The van der Waals surface area contributed by atoms with Gasteiger partial charge in [0.2, 0.25) is 10.8 Å². The zero-order valence-electron chi connectivity index (χ0n) is 12.1. The summed E-state index contributed by atoms with van der Waals surface area (Å²) in [4.78, 5) is 44.0. The lowest BCUT2D eigenvalue weighted by Crippen LogP contribution is -2.49. The maximum Gasteiger partial charge on any atom is 0.303 e. The molecule has 0 saturated carbocycles. The van der Waals surface area contributed by atoms with Gasteiger partial charge in [0.25, 0.3) is 0 Å². The van der Waals surface area contributed by atoms with Gasteiger partial charge in [-0.2, -0.15) is 0 Å². The molecule has 0 aromatic carbocycles. The molecule has 0 aliphatic carbocycles. The summed E-state index contributed by atoms with van der Waals surface area (Å²) in [5, 5.41) is 9.60. The maximum atomic E-state index is 14.2. The van der Waals surface area contributed by atoms with Crippen molar-refractivity contribution in [2.24, 2.45) is 0 Å². The van der Waals surface area contributed by atoms with E-state index in [2.05, 4.69) is 30.1 Å². The van der Waals surface area contributed by atoms with Crippen LogP contribution in [-0.4, -0.2) is 58.8 Å². The van der Waals surface area contributed by atoms with Gasteiger partial charge in [-0.3, -0.25) is 19.2 Å². The first kappa shape index (κ1) is 20.5. The molecule has 0 unspecified atom stereocenters. The Hall–Kier alpha value is -1.55. The molecule has 0 bridgehead atoms. The molecule has 0 aromatic heterocycles. The van der Waals surface area contributed by atoms with E-state index in [1.165, 1.54) is 0 Å². The molecule has 22 heavy (non-hydrogen) atoms. The summed E-state index contributed by atoms with van der Waals surface area (Å²) in [5.41, 5.74) is 0. The molecular weight excluding hydrogens is 371 g/mol. The zero-order chi connectivity index (χ0) is 17.4. The molecule has 0 heterocycles. The number of alkyl halides is 1. The van der Waals surface area contributed by atoms with Crippen LogP contribution in [0.25, 0.3) is 0 Å². The molecule has 126 valence electrons. The van der Waals surface area contributed by atoms with Crippen LogP contribution in [0.2, 0.25) is 0 Å². The van der Waals surface area contributed by atoms with Gasteiger partial charge in [0, 0.05) is 20.8 Å². The van der Waals surface area contributed by atoms with Crippen molar-refractivity contribution < 1.29 is 42.9 Å². The second kappa shape index (κ2) is 9.46. The number of esters is 3. The molecule has 0 spiro atoms. The van der Waals surface area contributed by atoms with Crippen molar-refractivity contribution in [3.63, 3.8) is 0 Å². The fraction of sp³-hybridized carbons (Fsp3) is 0.667. The summed E-state index contributed by atoms with van der Waals surface area (Å²) in [5.74, 6) is -2.64. The molecule has 8 nitrogen and oxygen atoms in total. The number of aliphatic hydroxyl groups excluding tert-OH is 1. The summed E-state index contributed by atoms with van der Waals surface area (Å²) in [6.45, 7) is 2.24. The fourth-order valence-electron chi connectivity index (χ4n) is 1.42. The molecule has 0 radical (unpaired) electrons. The average Bonchev–Trinajstić information content (AvgIpc) is 2.38. The Labute approximate surface area is 134 Å². The quantitative estimate of drug-likeness (QED) is 0.353. The van der Waals surface area contributed by atoms with Crippen molar-refractivity contribution in [3.05, 3.63) is 0 Å². The summed E-state index contributed by atoms with van der Waals surface area (Å²) in [6.07, 6.45) is -7.94. The van der Waals surface area contributed by atoms with Gasteiger partial charge in [-0.1, -0.05) is 0 Å². The lowest BCUT2D eigenvalue weighted by Gasteiger charge is -2.28. The number of ether oxygens (including phenoxy) is 3. The van der Waals surface area contributed by atoms with Crippen LogP contribution in [0.4, 0.5) is 4.39 Å². The van der Waals surface area contributed by atoms with E-state index in [4.69, 9.17) is 0 Å². The summed E-state index contributed by atoms with van der Waals surface area (Å²) in [7, 11) is 0. The Kier molecular flexibility index (Phi) is 8.80. The molecule has 1 N–H and O–H groups in total. The van der Waals surface area contributed by atoms with Gasteiger partial charge >= 0.3 is 17.9 Å². The number of rotatable bonds is 8. The smallest absolute Gasteiger partial charge is 0.303 e. The highest BCUT2D eigenvalue weighted by Gasteiger charge is 2.42. The predicted molar refractivity (Wildman–Crippen MR) is 72.6 cm³/mol. The van der Waals surface area contributed by atoms with Gasteiger partial charge in [0.1, 0.15) is 12.7 Å². The first-order chi connectivity index (χ1) is 10.1. The van der Waals surface area contributed by atoms with E-state index in [0.717, 1.165) is 20.8 Å². The van der Waals surface area contributed by atoms with Crippen molar-refractivity contribution in [3.8, 4) is 0 Å². The van der Waals surface area contributed by atoms with Gasteiger partial charge in [-0.25, -0.2) is 4.39 Å². The van der Waals surface area contributed by atoms with Gasteiger partial charge in [-0.05, 0) is 15.9 Å². The fourth-order valence-corrected chi connectivity index (χ4v) is 1.77. The topological polar surface area (TPSA) is 116 Å². The summed E-state index contributed by atoms with van der Waals surface area (Å²) >= 11 is 2.50. The number of carbonyl (C=O) groups is 4. The Bertz CT molecular complexity index is 441. The molecule has 0 fully saturated rings. The van der Waals surface area contributed by atoms with Crippen LogP contribution < -0.4 is 0 Å². The highest BCUT2D eigenvalue weighted by molar-refractivity contribution is 9.18. The lowest BCUT2D eigenvalue weighted by molar-refractivity contribution is -0.178. The third-order valence-corrected chi connectivity index (χ3v) is 2.71. The monoisotopic (exact) mass is 386 g/mol. The van der Waals surface area contributed by atoms with Crippen LogP contribution >= 0.6 is 15.9 Å². The third kappa shape index (κ3) is 7.46. The number of hydrogen-bond acceptors (Lipinski definition) is 8. The van der Waals surface area contributed by atoms with Crippen molar-refractivity contribution in [1.82, 2.24) is 0 Å². The number of carbonyl (C=O) groups excluding carboxylic acids is 4. The van der Waals surface area contributed by atoms with Crippen LogP contribution in [0.5, 0.6) is 0 Å². The van der Waals surface area contributed by atoms with Gasteiger partial charge < -0.3 is 19.3 Å². The Morgan fingerprint density at radius 2 is 1.55 bits per heavy atom. The third-order valence-electron chi connectivity index (χ3n) is 2.26. The minimum absolute atomic E-state index is 0.725. The minimum Gasteiger partial charge on any atom is -0.463 e. The molecule has 0 aromatic rings. The van der Waals surface area contributed by atoms with E-state index < -0.39 is 53.7 Å². The van der Waals surface area contributed by atoms with Crippen LogP contribution in [0.3, 0.4) is 0 Å². The average molecular weight is 387 g/mol. The molecular formula is C12H16BrFO8. The highest BCUT2D eigenvalue weighted by atomic mass is 79.9. The van der Waals surface area contributed by atoms with E-state index >= 15 is 0 Å². The normalized spacial score (nSPS) is 15.9. The second-order valence-electron chi connectivity index (χ2n) is 4.22. The number of halogens is 2. The molecule has 4 atom stereocenters. The van der Waals surface area contributed by atoms with Crippen molar-refractivity contribution in [2.75, 3.05) is 6.61 Å². The van der Waals surface area contributed by atoms with Crippen LogP contribution in [0.1, 0.15) is 20.8 Å². The highest BCUT2D eigenvalue weighted by Crippen LogP contribution is 2.19. The Morgan fingerprint density at radius 1 is 1.05 bits per heavy atom. The Morgan fingerprint density at radius 3 is 1.91 bits per heavy atom. The SMILES string of the molecule is CC(=O)OC[C@@H](O)[C@H](F)[C@H](OC(C)=O)[C@@H](OC(C)=O)C(=O)Br. The van der Waals surface area contributed by atoms with Crippen LogP contribution in [-0.2, 0) is 33.4 Å². The first-order valence-corrected chi connectivity index (χ1v) is 6.84. The van der Waals surface area contributed by atoms with Crippen LogP contribution in [0, 0.1) is 0 Å². The summed E-state index contributed by atoms with van der Waals surface area (Å²) < 4.78 is 26.9. The van der Waals surface area contributed by atoms with E-state index in [0.29, 0.717) is 0 Å². The molecule has 0 saturated heterocycles. The minimum atomic E-state index is -2.34. The second-order valence-corrected chi connectivity index (χ2v) is 5.00. The van der Waals surface area contributed by atoms with Crippen molar-refractivity contribution in [2.45, 2.75) is 45.3 Å². The van der Waals surface area contributed by atoms with Crippen LogP contribution in [0.15, 0.2) is 0 Å². The molecule has 0 amide bonds. The molecule has 0 aliphatic rings. The van der Waals surface area contributed by atoms with Gasteiger partial charge in [0.15, 0.2) is 12.3 Å². The predicted octanol–water partition coefficient (Wildman–Crippen LogP) is 0.0334. The Balaban J connectivity index is 5.21. The van der Waals surface area contributed by atoms with E-state index in [1.807, 2.05) is 0 Å². The molecule has 0 rings (SSSR count). The summed E-state index contributed by atoms with van der Waals surface area (Å²) in [6, 6.07) is 0. The lowest BCUT2D eigenvalue weighted by atomic mass is 10.0. The standard InChI is InChI=1S/C12H16BrFO8/c1-5(15)20-4-8(18)9(14)10(21-6(2)16)11(12(13)19)22-7(3)17/h8-11,18H,4H2,1-3H3/t8-,9+,10+,11-/m1/s1. The van der Waals surface area contributed by atoms with E-state index in [1.54, 1.807) is 0 Å². The van der Waals surface area contributed by atoms with Crippen molar-refractivity contribution >= 4 is 38.5 Å². The molecule has 0 aliphatic heterocycles. The zero-order valence-corrected chi connectivity index (χ0v) is 13.7. The first-order valence-electron chi connectivity index (χ1n) is 6.05. The van der Waals surface area contributed by atoms with Gasteiger partial charge in [0.05, 0.1) is 0 Å².